The van der Waals surface area contributed by atoms with Gasteiger partial charge in [-0.15, -0.1) is 0 Å². The van der Waals surface area contributed by atoms with Gasteiger partial charge in [0.25, 0.3) is 0 Å². The van der Waals surface area contributed by atoms with E-state index in [1.165, 1.54) is 0 Å². The lowest BCUT2D eigenvalue weighted by molar-refractivity contribution is 0.384. The van der Waals surface area contributed by atoms with Gasteiger partial charge in [-0.3, -0.25) is 0 Å². The van der Waals surface area contributed by atoms with Crippen molar-refractivity contribution in [2.75, 3.05) is 43.9 Å². The summed E-state index contributed by atoms with van der Waals surface area (Å²) >= 11 is 0. The molecule has 1 saturated carbocycles. The molecule has 1 aliphatic heterocycles. The highest BCUT2D eigenvalue weighted by Gasteiger charge is 2.31. The molecule has 0 spiro atoms. The fourth-order valence-electron chi connectivity index (χ4n) is 3.94. The number of ether oxygens (including phenoxy) is 1. The zero-order valence-electron chi connectivity index (χ0n) is 18.0. The van der Waals surface area contributed by atoms with Crippen molar-refractivity contribution in [3.05, 3.63) is 46.9 Å². The topological polar surface area (TPSA) is 75.6 Å². The average Bonchev–Trinajstić information content (AvgIpc) is 3.61. The molecule has 4 rings (SSSR count). The van der Waals surface area contributed by atoms with Gasteiger partial charge in [0.2, 0.25) is 10.0 Å². The molecule has 0 unspecified atom stereocenters. The van der Waals surface area contributed by atoms with Crippen molar-refractivity contribution < 1.29 is 13.2 Å². The molecule has 162 valence electrons. The zero-order chi connectivity index (χ0) is 21.3. The second kappa shape index (κ2) is 8.51. The van der Waals surface area contributed by atoms with E-state index >= 15 is 0 Å². The van der Waals surface area contributed by atoms with Gasteiger partial charge in [-0.05, 0) is 44.4 Å². The number of methoxy groups -OCH3 is 1. The Kier molecular flexibility index (Phi) is 5.97. The molecular weight excluding hydrogens is 400 g/mol. The van der Waals surface area contributed by atoms with Gasteiger partial charge >= 0.3 is 0 Å². The first kappa shape index (κ1) is 21.1. The van der Waals surface area contributed by atoms with E-state index in [1.807, 2.05) is 18.2 Å². The molecule has 7 nitrogen and oxygen atoms in total. The number of hydrogen-bond donors (Lipinski definition) is 0. The van der Waals surface area contributed by atoms with E-state index in [0.29, 0.717) is 32.1 Å². The molecule has 30 heavy (non-hydrogen) atoms. The van der Waals surface area contributed by atoms with Crippen LogP contribution < -0.4 is 9.64 Å². The highest BCUT2D eigenvalue weighted by molar-refractivity contribution is 7.89. The minimum atomic E-state index is -3.15. The highest BCUT2D eigenvalue weighted by Crippen LogP contribution is 2.39. The van der Waals surface area contributed by atoms with Crippen molar-refractivity contribution in [1.82, 2.24) is 14.3 Å². The lowest BCUT2D eigenvalue weighted by Crippen LogP contribution is -2.49. The maximum absolute atomic E-state index is 12.2. The summed E-state index contributed by atoms with van der Waals surface area (Å²) in [6.45, 7) is 6.04. The Labute approximate surface area is 179 Å². The molecule has 2 heterocycles. The maximum Gasteiger partial charge on any atom is 0.213 e. The van der Waals surface area contributed by atoms with Crippen LogP contribution in [0.4, 0.5) is 5.82 Å². The van der Waals surface area contributed by atoms with Crippen LogP contribution in [0.15, 0.2) is 24.3 Å². The molecule has 1 aromatic heterocycles. The van der Waals surface area contributed by atoms with E-state index in [-0.39, 0.29) is 5.75 Å². The van der Waals surface area contributed by atoms with E-state index in [0.717, 1.165) is 53.5 Å². The van der Waals surface area contributed by atoms with E-state index in [2.05, 4.69) is 17.9 Å². The largest absolute Gasteiger partial charge is 0.497 e. The Morgan fingerprint density at radius 1 is 1.13 bits per heavy atom. The number of nitrogens with zero attached hydrogens (tertiary/aromatic N) is 4. The highest BCUT2D eigenvalue weighted by atomic mass is 32.2. The third-order valence-electron chi connectivity index (χ3n) is 5.96. The molecule has 0 bridgehead atoms. The van der Waals surface area contributed by atoms with E-state index in [1.54, 1.807) is 18.3 Å². The van der Waals surface area contributed by atoms with Gasteiger partial charge in [0.15, 0.2) is 0 Å². The van der Waals surface area contributed by atoms with Gasteiger partial charge in [0, 0.05) is 49.8 Å². The number of sulfonamides is 1. The monoisotopic (exact) mass is 430 g/mol. The van der Waals surface area contributed by atoms with Crippen LogP contribution in [0.2, 0.25) is 0 Å². The first-order valence-corrected chi connectivity index (χ1v) is 12.2. The van der Waals surface area contributed by atoms with Crippen molar-refractivity contribution >= 4 is 15.8 Å². The Morgan fingerprint density at radius 2 is 1.87 bits per heavy atom. The minimum absolute atomic E-state index is 0.145. The first-order valence-electron chi connectivity index (χ1n) is 10.6. The summed E-state index contributed by atoms with van der Waals surface area (Å²) in [6, 6.07) is 8.07. The molecule has 1 aliphatic carbocycles. The van der Waals surface area contributed by atoms with E-state index in [9.17, 15) is 8.42 Å². The van der Waals surface area contributed by atoms with Crippen LogP contribution >= 0.6 is 0 Å². The minimum Gasteiger partial charge on any atom is -0.497 e. The van der Waals surface area contributed by atoms with Gasteiger partial charge in [-0.25, -0.2) is 18.4 Å². The van der Waals surface area contributed by atoms with Crippen molar-refractivity contribution in [1.29, 1.82) is 0 Å². The zero-order valence-corrected chi connectivity index (χ0v) is 18.8. The summed E-state index contributed by atoms with van der Waals surface area (Å²) < 4.78 is 31.5. The quantitative estimate of drug-likeness (QED) is 0.672. The normalized spacial score (nSPS) is 17.9. The van der Waals surface area contributed by atoms with Crippen LogP contribution in [-0.2, 0) is 16.4 Å². The first-order chi connectivity index (χ1) is 14.4. The van der Waals surface area contributed by atoms with Crippen LogP contribution in [0.5, 0.6) is 5.75 Å². The van der Waals surface area contributed by atoms with Gasteiger partial charge < -0.3 is 9.64 Å². The third kappa shape index (κ3) is 4.44. The maximum atomic E-state index is 12.2. The van der Waals surface area contributed by atoms with Crippen LogP contribution in [0.25, 0.3) is 0 Å². The molecule has 1 aromatic carbocycles. The second-order valence-corrected chi connectivity index (χ2v) is 10.3. The van der Waals surface area contributed by atoms with Crippen molar-refractivity contribution in [2.45, 2.75) is 39.0 Å². The standard InChI is InChI=1S/C22H30N4O3S/c1-4-30(27,28)26-12-10-25(11-13-26)22-20(15-17-6-5-7-19(14-17)29-3)16(2)23-21(24-22)18-8-9-18/h5-7,14,18H,4,8-13,15H2,1-3H3. The number of hydrogen-bond acceptors (Lipinski definition) is 6. The molecule has 2 aromatic rings. The van der Waals surface area contributed by atoms with Crippen LogP contribution in [0.3, 0.4) is 0 Å². The van der Waals surface area contributed by atoms with Gasteiger partial charge in [-0.2, -0.15) is 4.31 Å². The SMILES string of the molecule is CCS(=O)(=O)N1CCN(c2nc(C3CC3)nc(C)c2Cc2cccc(OC)c2)CC1. The fraction of sp³-hybridized carbons (Fsp3) is 0.545. The van der Waals surface area contributed by atoms with Gasteiger partial charge in [0.05, 0.1) is 12.9 Å². The summed E-state index contributed by atoms with van der Waals surface area (Å²) in [5, 5.41) is 0. The molecule has 1 saturated heterocycles. The van der Waals surface area contributed by atoms with E-state index < -0.39 is 10.0 Å². The van der Waals surface area contributed by atoms with Crippen LogP contribution in [0, 0.1) is 6.92 Å². The number of benzene rings is 1. The summed E-state index contributed by atoms with van der Waals surface area (Å²) in [5.41, 5.74) is 3.27. The molecule has 0 radical (unpaired) electrons. The molecule has 0 atom stereocenters. The molecule has 8 heteroatoms. The Bertz CT molecular complexity index is 1010. The smallest absolute Gasteiger partial charge is 0.213 e. The van der Waals surface area contributed by atoms with E-state index in [4.69, 9.17) is 14.7 Å². The number of rotatable bonds is 7. The van der Waals surface area contributed by atoms with Crippen molar-refractivity contribution in [3.63, 3.8) is 0 Å². The predicted molar refractivity (Wildman–Crippen MR) is 118 cm³/mol. The number of piperazine rings is 1. The lowest BCUT2D eigenvalue weighted by Gasteiger charge is -2.35. The lowest BCUT2D eigenvalue weighted by atomic mass is 10.0. The number of aromatic nitrogens is 2. The van der Waals surface area contributed by atoms with Gasteiger partial charge in [0.1, 0.15) is 17.4 Å². The fourth-order valence-corrected chi connectivity index (χ4v) is 5.03. The third-order valence-corrected chi connectivity index (χ3v) is 7.84. The van der Waals surface area contributed by atoms with Crippen molar-refractivity contribution in [3.8, 4) is 5.75 Å². The number of aryl methyl sites for hydroxylation is 1. The Morgan fingerprint density at radius 3 is 2.50 bits per heavy atom. The Hall–Kier alpha value is -2.19. The van der Waals surface area contributed by atoms with Gasteiger partial charge in [-0.1, -0.05) is 12.1 Å². The Balaban J connectivity index is 1.64. The average molecular weight is 431 g/mol. The molecule has 0 N–H and O–H groups in total. The van der Waals surface area contributed by atoms with Crippen LogP contribution in [0.1, 0.15) is 48.3 Å². The molecular formula is C22H30N4O3S. The van der Waals surface area contributed by atoms with Crippen LogP contribution in [-0.4, -0.2) is 61.7 Å². The number of anilines is 1. The summed E-state index contributed by atoms with van der Waals surface area (Å²) in [6.07, 6.45) is 3.02. The summed E-state index contributed by atoms with van der Waals surface area (Å²) in [4.78, 5) is 12.0. The summed E-state index contributed by atoms with van der Waals surface area (Å²) in [5.74, 6) is 3.34. The second-order valence-electron chi connectivity index (χ2n) is 8.06. The molecule has 0 amide bonds. The molecule has 2 fully saturated rings. The summed E-state index contributed by atoms with van der Waals surface area (Å²) in [7, 11) is -1.48. The molecule has 2 aliphatic rings. The predicted octanol–water partition coefficient (Wildman–Crippen LogP) is 2.73. The van der Waals surface area contributed by atoms with Crippen molar-refractivity contribution in [2.24, 2.45) is 0 Å².